The van der Waals surface area contributed by atoms with Gasteiger partial charge in [0.2, 0.25) is 0 Å². The van der Waals surface area contributed by atoms with Crippen LogP contribution in [-0.4, -0.2) is 4.92 Å². The summed E-state index contributed by atoms with van der Waals surface area (Å²) in [6.07, 6.45) is 0. The van der Waals surface area contributed by atoms with Gasteiger partial charge in [-0.3, -0.25) is 10.1 Å². The molecule has 0 aliphatic carbocycles. The van der Waals surface area contributed by atoms with Crippen LogP contribution in [0.15, 0.2) is 42.5 Å². The molecule has 1 atom stereocenters. The number of rotatable bonds is 3. The van der Waals surface area contributed by atoms with E-state index in [9.17, 15) is 10.1 Å². The number of benzene rings is 2. The van der Waals surface area contributed by atoms with E-state index in [0.717, 1.165) is 16.7 Å². The Morgan fingerprint density at radius 3 is 2.47 bits per heavy atom. The predicted octanol–water partition coefficient (Wildman–Crippen LogP) is 3.93. The largest absolute Gasteiger partial charge is 0.324 e. The zero-order chi connectivity index (χ0) is 14.0. The Hall–Kier alpha value is -1.91. The van der Waals surface area contributed by atoms with Gasteiger partial charge in [-0.25, -0.2) is 0 Å². The molecule has 0 heterocycles. The van der Waals surface area contributed by atoms with Crippen LogP contribution in [0.1, 0.15) is 18.5 Å². The SMILES string of the molecule is CC(N)c1ccc(-c2cccc([N+](=O)[O-])c2)cc1Cl. The smallest absolute Gasteiger partial charge is 0.270 e. The molecule has 0 bridgehead atoms. The average Bonchev–Trinajstić information content (AvgIpc) is 2.38. The molecule has 5 heteroatoms. The van der Waals surface area contributed by atoms with E-state index in [0.29, 0.717) is 5.02 Å². The molecule has 0 fully saturated rings. The van der Waals surface area contributed by atoms with Crippen LogP contribution in [0.25, 0.3) is 11.1 Å². The number of nitrogens with zero attached hydrogens (tertiary/aromatic N) is 1. The maximum atomic E-state index is 10.8. The molecule has 0 spiro atoms. The highest BCUT2D eigenvalue weighted by molar-refractivity contribution is 6.31. The molecule has 19 heavy (non-hydrogen) atoms. The van der Waals surface area contributed by atoms with Gasteiger partial charge >= 0.3 is 0 Å². The zero-order valence-corrected chi connectivity index (χ0v) is 11.1. The van der Waals surface area contributed by atoms with Gasteiger partial charge in [-0.2, -0.15) is 0 Å². The molecule has 0 saturated carbocycles. The molecule has 2 aromatic rings. The monoisotopic (exact) mass is 276 g/mol. The van der Waals surface area contributed by atoms with E-state index in [2.05, 4.69) is 0 Å². The van der Waals surface area contributed by atoms with Crippen molar-refractivity contribution in [2.24, 2.45) is 5.73 Å². The molecule has 0 radical (unpaired) electrons. The predicted molar refractivity (Wildman–Crippen MR) is 76.1 cm³/mol. The summed E-state index contributed by atoms with van der Waals surface area (Å²) in [5.74, 6) is 0. The second kappa shape index (κ2) is 5.38. The van der Waals surface area contributed by atoms with Crippen LogP contribution in [-0.2, 0) is 0 Å². The van der Waals surface area contributed by atoms with Gasteiger partial charge in [0, 0.05) is 23.2 Å². The van der Waals surface area contributed by atoms with Gasteiger partial charge in [-0.1, -0.05) is 35.9 Å². The minimum Gasteiger partial charge on any atom is -0.324 e. The van der Waals surface area contributed by atoms with Gasteiger partial charge in [0.1, 0.15) is 0 Å². The molecule has 2 aromatic carbocycles. The van der Waals surface area contributed by atoms with E-state index >= 15 is 0 Å². The van der Waals surface area contributed by atoms with Crippen LogP contribution in [0, 0.1) is 10.1 Å². The van der Waals surface area contributed by atoms with Gasteiger partial charge in [0.15, 0.2) is 0 Å². The first-order valence-electron chi connectivity index (χ1n) is 5.79. The summed E-state index contributed by atoms with van der Waals surface area (Å²) in [5, 5.41) is 11.3. The Morgan fingerprint density at radius 2 is 1.89 bits per heavy atom. The van der Waals surface area contributed by atoms with Crippen molar-refractivity contribution < 1.29 is 4.92 Å². The Labute approximate surface area is 116 Å². The summed E-state index contributed by atoms with van der Waals surface area (Å²) in [6, 6.07) is 11.8. The van der Waals surface area contributed by atoms with E-state index in [1.165, 1.54) is 12.1 Å². The maximum absolute atomic E-state index is 10.8. The summed E-state index contributed by atoms with van der Waals surface area (Å²) < 4.78 is 0. The topological polar surface area (TPSA) is 69.2 Å². The number of nitrogens with two attached hydrogens (primary N) is 1. The Kier molecular flexibility index (Phi) is 3.83. The van der Waals surface area contributed by atoms with Gasteiger partial charge in [-0.15, -0.1) is 0 Å². The summed E-state index contributed by atoms with van der Waals surface area (Å²) in [4.78, 5) is 10.3. The van der Waals surface area contributed by atoms with Gasteiger partial charge in [0.25, 0.3) is 5.69 Å². The standard InChI is InChI=1S/C14H13ClN2O2/c1-9(16)13-6-5-11(8-14(13)15)10-3-2-4-12(7-10)17(18)19/h2-9H,16H2,1H3. The third-order valence-electron chi connectivity index (χ3n) is 2.88. The van der Waals surface area contributed by atoms with Crippen LogP contribution in [0.2, 0.25) is 5.02 Å². The Morgan fingerprint density at radius 1 is 1.21 bits per heavy atom. The molecule has 2 rings (SSSR count). The molecule has 0 aliphatic heterocycles. The number of hydrogen-bond donors (Lipinski definition) is 1. The van der Waals surface area contributed by atoms with Crippen molar-refractivity contribution in [3.05, 3.63) is 63.2 Å². The zero-order valence-electron chi connectivity index (χ0n) is 10.3. The van der Waals surface area contributed by atoms with E-state index in [1.54, 1.807) is 12.1 Å². The molecule has 1 unspecified atom stereocenters. The first kappa shape index (κ1) is 13.5. The van der Waals surface area contributed by atoms with Crippen molar-refractivity contribution in [3.8, 4) is 11.1 Å². The number of nitro benzene ring substituents is 1. The summed E-state index contributed by atoms with van der Waals surface area (Å²) >= 11 is 6.16. The molecule has 4 nitrogen and oxygen atoms in total. The second-order valence-electron chi connectivity index (χ2n) is 4.33. The average molecular weight is 277 g/mol. The van der Waals surface area contributed by atoms with Gasteiger partial charge in [-0.05, 0) is 29.7 Å². The van der Waals surface area contributed by atoms with Gasteiger partial charge < -0.3 is 5.73 Å². The van der Waals surface area contributed by atoms with Crippen molar-refractivity contribution >= 4 is 17.3 Å². The molecular formula is C14H13ClN2O2. The lowest BCUT2D eigenvalue weighted by Crippen LogP contribution is -2.05. The number of non-ortho nitro benzene ring substituents is 1. The van der Waals surface area contributed by atoms with Crippen molar-refractivity contribution in [1.29, 1.82) is 0 Å². The summed E-state index contributed by atoms with van der Waals surface area (Å²) in [7, 11) is 0. The van der Waals surface area contributed by atoms with E-state index in [4.69, 9.17) is 17.3 Å². The highest BCUT2D eigenvalue weighted by atomic mass is 35.5. The summed E-state index contributed by atoms with van der Waals surface area (Å²) in [5.41, 5.74) is 8.30. The molecule has 0 saturated heterocycles. The van der Waals surface area contributed by atoms with E-state index in [1.807, 2.05) is 25.1 Å². The minimum atomic E-state index is -0.415. The molecule has 0 aliphatic rings. The highest BCUT2D eigenvalue weighted by Crippen LogP contribution is 2.29. The lowest BCUT2D eigenvalue weighted by atomic mass is 10.0. The van der Waals surface area contributed by atoms with E-state index in [-0.39, 0.29) is 11.7 Å². The van der Waals surface area contributed by atoms with Crippen LogP contribution in [0.4, 0.5) is 5.69 Å². The number of hydrogen-bond acceptors (Lipinski definition) is 3. The fraction of sp³-hybridized carbons (Fsp3) is 0.143. The third-order valence-corrected chi connectivity index (χ3v) is 3.21. The van der Waals surface area contributed by atoms with Crippen molar-refractivity contribution in [2.75, 3.05) is 0 Å². The second-order valence-corrected chi connectivity index (χ2v) is 4.74. The highest BCUT2D eigenvalue weighted by Gasteiger charge is 2.10. The van der Waals surface area contributed by atoms with Crippen LogP contribution in [0.5, 0.6) is 0 Å². The Balaban J connectivity index is 2.45. The molecule has 0 aromatic heterocycles. The third kappa shape index (κ3) is 2.92. The number of nitro groups is 1. The first-order chi connectivity index (χ1) is 8.99. The van der Waals surface area contributed by atoms with Crippen molar-refractivity contribution in [1.82, 2.24) is 0 Å². The quantitative estimate of drug-likeness (QED) is 0.682. The van der Waals surface area contributed by atoms with Crippen LogP contribution < -0.4 is 5.73 Å². The van der Waals surface area contributed by atoms with E-state index < -0.39 is 4.92 Å². The minimum absolute atomic E-state index is 0.0601. The molecule has 0 amide bonds. The van der Waals surface area contributed by atoms with Crippen LogP contribution >= 0.6 is 11.6 Å². The lowest BCUT2D eigenvalue weighted by Gasteiger charge is -2.10. The first-order valence-corrected chi connectivity index (χ1v) is 6.16. The Bertz CT molecular complexity index is 627. The fourth-order valence-electron chi connectivity index (χ4n) is 1.88. The molecule has 2 N–H and O–H groups in total. The van der Waals surface area contributed by atoms with Crippen molar-refractivity contribution in [3.63, 3.8) is 0 Å². The van der Waals surface area contributed by atoms with Gasteiger partial charge in [0.05, 0.1) is 4.92 Å². The molecule has 98 valence electrons. The normalized spacial score (nSPS) is 12.2. The number of halogens is 1. The van der Waals surface area contributed by atoms with Crippen LogP contribution in [0.3, 0.4) is 0 Å². The van der Waals surface area contributed by atoms with Crippen molar-refractivity contribution in [2.45, 2.75) is 13.0 Å². The maximum Gasteiger partial charge on any atom is 0.270 e. The fourth-order valence-corrected chi connectivity index (χ4v) is 2.23. The summed E-state index contributed by atoms with van der Waals surface area (Å²) in [6.45, 7) is 1.86. The lowest BCUT2D eigenvalue weighted by molar-refractivity contribution is -0.384. The molecular weight excluding hydrogens is 264 g/mol.